The summed E-state index contributed by atoms with van der Waals surface area (Å²) in [5.74, 6) is 1.03. The van der Waals surface area contributed by atoms with Crippen LogP contribution < -0.4 is 5.73 Å². The van der Waals surface area contributed by atoms with Crippen LogP contribution in [0, 0.1) is 0 Å². The monoisotopic (exact) mass is 260 g/mol. The van der Waals surface area contributed by atoms with E-state index in [-0.39, 0.29) is 18.6 Å². The van der Waals surface area contributed by atoms with Crippen molar-refractivity contribution in [1.82, 2.24) is 4.90 Å². The molecule has 17 heavy (non-hydrogen) atoms. The molecule has 0 spiro atoms. The zero-order valence-corrected chi connectivity index (χ0v) is 11.4. The first-order chi connectivity index (χ1) is 8.20. The van der Waals surface area contributed by atoms with Crippen molar-refractivity contribution in [2.24, 2.45) is 5.73 Å². The molecule has 1 saturated heterocycles. The van der Waals surface area contributed by atoms with Crippen LogP contribution in [0.1, 0.15) is 32.1 Å². The molecule has 3 N–H and O–H groups in total. The van der Waals surface area contributed by atoms with Gasteiger partial charge in [0.15, 0.2) is 0 Å². The molecule has 1 rings (SSSR count). The van der Waals surface area contributed by atoms with Crippen molar-refractivity contribution in [3.63, 3.8) is 0 Å². The Balaban J connectivity index is 2.43. The third kappa shape index (κ3) is 4.48. The molecule has 2 atom stereocenters. The zero-order chi connectivity index (χ0) is 12.7. The zero-order valence-electron chi connectivity index (χ0n) is 10.6. The van der Waals surface area contributed by atoms with Gasteiger partial charge in [0, 0.05) is 19.2 Å². The van der Waals surface area contributed by atoms with Gasteiger partial charge in [-0.15, -0.1) is 0 Å². The summed E-state index contributed by atoms with van der Waals surface area (Å²) in [6.45, 7) is 1.04. The molecule has 1 unspecified atom stereocenters. The molecule has 4 nitrogen and oxygen atoms in total. The molecule has 0 aromatic heterocycles. The highest BCUT2D eigenvalue weighted by molar-refractivity contribution is 7.98. The highest BCUT2D eigenvalue weighted by Gasteiger charge is 2.30. The van der Waals surface area contributed by atoms with Crippen LogP contribution in [-0.4, -0.2) is 53.2 Å². The lowest BCUT2D eigenvalue weighted by Gasteiger charge is -2.27. The minimum absolute atomic E-state index is 0.0967. The number of nitrogens with zero attached hydrogens (tertiary/aromatic N) is 1. The van der Waals surface area contributed by atoms with Gasteiger partial charge in [-0.05, 0) is 44.1 Å². The third-order valence-electron chi connectivity index (χ3n) is 3.31. The minimum Gasteiger partial charge on any atom is -0.396 e. The topological polar surface area (TPSA) is 66.6 Å². The first-order valence-corrected chi connectivity index (χ1v) is 7.76. The lowest BCUT2D eigenvalue weighted by atomic mass is 10.1. The van der Waals surface area contributed by atoms with Crippen LogP contribution in [-0.2, 0) is 4.79 Å². The number of hydrogen-bond acceptors (Lipinski definition) is 4. The van der Waals surface area contributed by atoms with Crippen molar-refractivity contribution in [1.29, 1.82) is 0 Å². The van der Waals surface area contributed by atoms with Crippen LogP contribution in [0.25, 0.3) is 0 Å². The van der Waals surface area contributed by atoms with Crippen LogP contribution >= 0.6 is 11.8 Å². The molecule has 0 aliphatic carbocycles. The Morgan fingerprint density at radius 2 is 2.41 bits per heavy atom. The molecule has 0 saturated carbocycles. The normalized spacial score (nSPS) is 21.8. The number of thioether (sulfide) groups is 1. The molecule has 1 aliphatic rings. The lowest BCUT2D eigenvalue weighted by molar-refractivity contribution is -0.133. The first kappa shape index (κ1) is 14.8. The van der Waals surface area contributed by atoms with Gasteiger partial charge in [0.2, 0.25) is 5.91 Å². The van der Waals surface area contributed by atoms with Gasteiger partial charge in [0.05, 0.1) is 6.04 Å². The molecule has 1 aliphatic heterocycles. The average molecular weight is 260 g/mol. The Labute approximate surface area is 108 Å². The van der Waals surface area contributed by atoms with Gasteiger partial charge >= 0.3 is 0 Å². The maximum atomic E-state index is 12.2. The summed E-state index contributed by atoms with van der Waals surface area (Å²) in [6, 6.07) is -0.0489. The van der Waals surface area contributed by atoms with Crippen molar-refractivity contribution in [2.75, 3.05) is 25.2 Å². The van der Waals surface area contributed by atoms with Crippen molar-refractivity contribution in [2.45, 2.75) is 44.2 Å². The number of carbonyl (C=O) groups excluding carboxylic acids is 1. The molecule has 1 heterocycles. The summed E-state index contributed by atoms with van der Waals surface area (Å²) in [5.41, 5.74) is 5.92. The molecule has 100 valence electrons. The van der Waals surface area contributed by atoms with E-state index in [0.29, 0.717) is 6.04 Å². The maximum Gasteiger partial charge on any atom is 0.239 e. The Kier molecular flexibility index (Phi) is 6.92. The SMILES string of the molecule is CSCC[C@H](N)C(=O)N1CCCC1CCCO. The number of amides is 1. The third-order valence-corrected chi connectivity index (χ3v) is 3.95. The van der Waals surface area contributed by atoms with E-state index in [4.69, 9.17) is 10.8 Å². The Bertz CT molecular complexity index is 239. The van der Waals surface area contributed by atoms with E-state index in [0.717, 1.165) is 44.4 Å². The predicted molar refractivity (Wildman–Crippen MR) is 72.0 cm³/mol. The minimum atomic E-state index is -0.350. The van der Waals surface area contributed by atoms with Gasteiger partial charge in [0.1, 0.15) is 0 Å². The summed E-state index contributed by atoms with van der Waals surface area (Å²) in [4.78, 5) is 14.1. The van der Waals surface area contributed by atoms with Crippen molar-refractivity contribution in [3.8, 4) is 0 Å². The van der Waals surface area contributed by atoms with Crippen molar-refractivity contribution in [3.05, 3.63) is 0 Å². The van der Waals surface area contributed by atoms with Gasteiger partial charge in [0.25, 0.3) is 0 Å². The molecule has 0 aromatic rings. The van der Waals surface area contributed by atoms with E-state index in [9.17, 15) is 4.79 Å². The fourth-order valence-corrected chi connectivity index (χ4v) is 2.82. The van der Waals surface area contributed by atoms with Crippen LogP contribution in [0.3, 0.4) is 0 Å². The molecule has 0 bridgehead atoms. The van der Waals surface area contributed by atoms with E-state index in [2.05, 4.69) is 0 Å². The Morgan fingerprint density at radius 1 is 1.65 bits per heavy atom. The summed E-state index contributed by atoms with van der Waals surface area (Å²) in [7, 11) is 0. The lowest BCUT2D eigenvalue weighted by Crippen LogP contribution is -2.46. The second kappa shape index (κ2) is 7.95. The second-order valence-corrected chi connectivity index (χ2v) is 5.57. The van der Waals surface area contributed by atoms with Crippen molar-refractivity contribution < 1.29 is 9.90 Å². The van der Waals surface area contributed by atoms with Gasteiger partial charge in [-0.2, -0.15) is 11.8 Å². The number of aliphatic hydroxyl groups excluding tert-OH is 1. The Hall–Kier alpha value is -0.260. The molecule has 0 aromatic carbocycles. The fourth-order valence-electron chi connectivity index (χ4n) is 2.33. The number of aliphatic hydroxyl groups is 1. The van der Waals surface area contributed by atoms with Crippen molar-refractivity contribution >= 4 is 17.7 Å². The summed E-state index contributed by atoms with van der Waals surface area (Å²) >= 11 is 1.72. The second-order valence-electron chi connectivity index (χ2n) is 4.58. The van der Waals surface area contributed by atoms with Crippen LogP contribution in [0.5, 0.6) is 0 Å². The largest absolute Gasteiger partial charge is 0.396 e. The summed E-state index contributed by atoms with van der Waals surface area (Å²) < 4.78 is 0. The Morgan fingerprint density at radius 3 is 3.06 bits per heavy atom. The summed E-state index contributed by atoms with van der Waals surface area (Å²) in [5, 5.41) is 8.85. The highest BCUT2D eigenvalue weighted by atomic mass is 32.2. The van der Waals surface area contributed by atoms with E-state index < -0.39 is 0 Å². The van der Waals surface area contributed by atoms with E-state index in [1.165, 1.54) is 0 Å². The number of likely N-dealkylation sites (tertiary alicyclic amines) is 1. The predicted octanol–water partition coefficient (Wildman–Crippen LogP) is 0.830. The molecule has 1 amide bonds. The number of hydrogen-bond donors (Lipinski definition) is 2. The molecule has 1 fully saturated rings. The van der Waals surface area contributed by atoms with Crippen LogP contribution in [0.4, 0.5) is 0 Å². The summed E-state index contributed by atoms with van der Waals surface area (Å²) in [6.07, 6.45) is 6.57. The van der Waals surface area contributed by atoms with Crippen LogP contribution in [0.15, 0.2) is 0 Å². The average Bonchev–Trinajstić information content (AvgIpc) is 2.80. The molecule has 5 heteroatoms. The van der Waals surface area contributed by atoms with Crippen LogP contribution in [0.2, 0.25) is 0 Å². The number of carbonyl (C=O) groups is 1. The highest BCUT2D eigenvalue weighted by Crippen LogP contribution is 2.22. The van der Waals surface area contributed by atoms with Gasteiger partial charge < -0.3 is 15.7 Å². The standard InChI is InChI=1S/C12H24N2O2S/c1-17-9-6-11(13)12(16)14-7-2-4-10(14)5-3-8-15/h10-11,15H,2-9,13H2,1H3/t10?,11-/m0/s1. The molecule has 0 radical (unpaired) electrons. The van der Waals surface area contributed by atoms with E-state index in [1.807, 2.05) is 11.2 Å². The number of rotatable bonds is 7. The maximum absolute atomic E-state index is 12.2. The molecular formula is C12H24N2O2S. The number of nitrogens with two attached hydrogens (primary N) is 1. The van der Waals surface area contributed by atoms with E-state index >= 15 is 0 Å². The van der Waals surface area contributed by atoms with Gasteiger partial charge in [-0.1, -0.05) is 0 Å². The van der Waals surface area contributed by atoms with E-state index in [1.54, 1.807) is 11.8 Å². The quantitative estimate of drug-likeness (QED) is 0.711. The van der Waals surface area contributed by atoms with Gasteiger partial charge in [-0.25, -0.2) is 0 Å². The smallest absolute Gasteiger partial charge is 0.239 e. The first-order valence-electron chi connectivity index (χ1n) is 6.36. The fraction of sp³-hybridized carbons (Fsp3) is 0.917. The van der Waals surface area contributed by atoms with Gasteiger partial charge in [-0.3, -0.25) is 4.79 Å². The molecular weight excluding hydrogens is 236 g/mol.